The van der Waals surface area contributed by atoms with Crippen molar-refractivity contribution in [2.45, 2.75) is 26.3 Å². The fraction of sp³-hybridized carbons (Fsp3) is 0.533. The van der Waals surface area contributed by atoms with Gasteiger partial charge in [0.15, 0.2) is 0 Å². The summed E-state index contributed by atoms with van der Waals surface area (Å²) in [7, 11) is 2.01. The zero-order chi connectivity index (χ0) is 13.0. The summed E-state index contributed by atoms with van der Waals surface area (Å²) in [6.45, 7) is 5.36. The van der Waals surface area contributed by atoms with E-state index >= 15 is 0 Å². The first-order chi connectivity index (χ1) is 8.66. The maximum atomic E-state index is 12.0. The van der Waals surface area contributed by atoms with Crippen LogP contribution in [0.5, 0.6) is 0 Å². The number of amides is 1. The smallest absolute Gasteiger partial charge is 0.236 e. The fourth-order valence-corrected chi connectivity index (χ4v) is 2.43. The molecule has 1 fully saturated rings. The molecule has 0 aromatic heterocycles. The Balaban J connectivity index is 1.86. The van der Waals surface area contributed by atoms with Gasteiger partial charge in [-0.05, 0) is 37.9 Å². The number of likely N-dealkylation sites (N-methyl/N-ethyl adjacent to an activating group) is 1. The van der Waals surface area contributed by atoms with Gasteiger partial charge in [0.05, 0.1) is 6.54 Å². The van der Waals surface area contributed by atoms with Gasteiger partial charge in [-0.3, -0.25) is 9.69 Å². The van der Waals surface area contributed by atoms with Crippen LogP contribution in [0.15, 0.2) is 24.3 Å². The third-order valence-corrected chi connectivity index (χ3v) is 3.57. The lowest BCUT2D eigenvalue weighted by Gasteiger charge is -2.21. The third-order valence-electron chi connectivity index (χ3n) is 3.57. The largest absolute Gasteiger partial charge is 0.342 e. The van der Waals surface area contributed by atoms with E-state index in [1.54, 1.807) is 0 Å². The standard InChI is InChI=1S/C15H22N2O/c1-13-7-3-4-8-14(13)11-16(2)12-15(18)17-9-5-6-10-17/h3-4,7-8H,5-6,9-12H2,1-2H3. The van der Waals surface area contributed by atoms with Crippen LogP contribution in [0.25, 0.3) is 0 Å². The van der Waals surface area contributed by atoms with E-state index < -0.39 is 0 Å². The van der Waals surface area contributed by atoms with Gasteiger partial charge in [-0.25, -0.2) is 0 Å². The van der Waals surface area contributed by atoms with Crippen LogP contribution < -0.4 is 0 Å². The van der Waals surface area contributed by atoms with Crippen LogP contribution in [0, 0.1) is 6.92 Å². The average Bonchev–Trinajstić information content (AvgIpc) is 2.85. The molecular formula is C15H22N2O. The minimum atomic E-state index is 0.267. The van der Waals surface area contributed by atoms with E-state index in [1.807, 2.05) is 18.0 Å². The van der Waals surface area contributed by atoms with Crippen LogP contribution in [-0.2, 0) is 11.3 Å². The van der Waals surface area contributed by atoms with Gasteiger partial charge in [-0.1, -0.05) is 24.3 Å². The first-order valence-corrected chi connectivity index (χ1v) is 6.67. The van der Waals surface area contributed by atoms with E-state index in [-0.39, 0.29) is 5.91 Å². The Hall–Kier alpha value is -1.35. The van der Waals surface area contributed by atoms with E-state index in [9.17, 15) is 4.79 Å². The Morgan fingerprint density at radius 1 is 1.28 bits per heavy atom. The molecule has 0 saturated carbocycles. The van der Waals surface area contributed by atoms with Crippen molar-refractivity contribution in [1.29, 1.82) is 0 Å². The predicted molar refractivity (Wildman–Crippen MR) is 73.3 cm³/mol. The van der Waals surface area contributed by atoms with Crippen LogP contribution in [-0.4, -0.2) is 42.4 Å². The molecule has 0 bridgehead atoms. The summed E-state index contributed by atoms with van der Waals surface area (Å²) in [6.07, 6.45) is 2.32. The SMILES string of the molecule is Cc1ccccc1CN(C)CC(=O)N1CCCC1. The van der Waals surface area contributed by atoms with E-state index in [0.717, 1.165) is 32.5 Å². The second-order valence-corrected chi connectivity index (χ2v) is 5.19. The summed E-state index contributed by atoms with van der Waals surface area (Å²) < 4.78 is 0. The van der Waals surface area contributed by atoms with Crippen LogP contribution >= 0.6 is 0 Å². The normalized spacial score (nSPS) is 15.4. The molecule has 1 aliphatic rings. The van der Waals surface area contributed by atoms with Crippen molar-refractivity contribution in [2.24, 2.45) is 0 Å². The minimum Gasteiger partial charge on any atom is -0.342 e. The Labute approximate surface area is 109 Å². The zero-order valence-electron chi connectivity index (χ0n) is 11.4. The van der Waals surface area contributed by atoms with Crippen LogP contribution in [0.3, 0.4) is 0 Å². The second-order valence-electron chi connectivity index (χ2n) is 5.19. The average molecular weight is 246 g/mol. The topological polar surface area (TPSA) is 23.6 Å². The van der Waals surface area contributed by atoms with E-state index in [1.165, 1.54) is 11.1 Å². The Morgan fingerprint density at radius 3 is 2.61 bits per heavy atom. The second kappa shape index (κ2) is 6.01. The number of nitrogens with zero attached hydrogens (tertiary/aromatic N) is 2. The Morgan fingerprint density at radius 2 is 1.94 bits per heavy atom. The summed E-state index contributed by atoms with van der Waals surface area (Å²) in [6, 6.07) is 8.35. The quantitative estimate of drug-likeness (QED) is 0.812. The number of likely N-dealkylation sites (tertiary alicyclic amines) is 1. The molecule has 0 unspecified atom stereocenters. The van der Waals surface area contributed by atoms with Crippen molar-refractivity contribution in [1.82, 2.24) is 9.80 Å². The van der Waals surface area contributed by atoms with E-state index in [0.29, 0.717) is 6.54 Å². The summed E-state index contributed by atoms with van der Waals surface area (Å²) in [5, 5.41) is 0. The van der Waals surface area contributed by atoms with Crippen molar-refractivity contribution in [3.63, 3.8) is 0 Å². The highest BCUT2D eigenvalue weighted by Gasteiger charge is 2.19. The number of rotatable bonds is 4. The van der Waals surface area contributed by atoms with Crippen molar-refractivity contribution in [3.8, 4) is 0 Å². The van der Waals surface area contributed by atoms with Crippen molar-refractivity contribution < 1.29 is 4.79 Å². The molecule has 3 nitrogen and oxygen atoms in total. The summed E-state index contributed by atoms with van der Waals surface area (Å²) in [5.41, 5.74) is 2.59. The van der Waals surface area contributed by atoms with Crippen molar-refractivity contribution >= 4 is 5.91 Å². The van der Waals surface area contributed by atoms with Gasteiger partial charge < -0.3 is 4.90 Å². The monoisotopic (exact) mass is 246 g/mol. The van der Waals surface area contributed by atoms with Gasteiger partial charge in [0.25, 0.3) is 0 Å². The lowest BCUT2D eigenvalue weighted by molar-refractivity contribution is -0.131. The van der Waals surface area contributed by atoms with E-state index in [2.05, 4.69) is 30.0 Å². The van der Waals surface area contributed by atoms with Gasteiger partial charge in [0.2, 0.25) is 5.91 Å². The molecule has 1 aromatic rings. The number of benzene rings is 1. The first-order valence-electron chi connectivity index (χ1n) is 6.67. The van der Waals surface area contributed by atoms with Gasteiger partial charge in [-0.15, -0.1) is 0 Å². The van der Waals surface area contributed by atoms with Gasteiger partial charge >= 0.3 is 0 Å². The molecule has 0 radical (unpaired) electrons. The molecule has 0 atom stereocenters. The molecule has 0 N–H and O–H groups in total. The van der Waals surface area contributed by atoms with Crippen LogP contribution in [0.1, 0.15) is 24.0 Å². The zero-order valence-corrected chi connectivity index (χ0v) is 11.4. The molecule has 1 heterocycles. The van der Waals surface area contributed by atoms with Crippen LogP contribution in [0.4, 0.5) is 0 Å². The molecule has 0 spiro atoms. The minimum absolute atomic E-state index is 0.267. The van der Waals surface area contributed by atoms with Gasteiger partial charge in [0.1, 0.15) is 0 Å². The lowest BCUT2D eigenvalue weighted by Crippen LogP contribution is -2.37. The van der Waals surface area contributed by atoms with Crippen molar-refractivity contribution in [2.75, 3.05) is 26.7 Å². The molecule has 2 rings (SSSR count). The number of hydrogen-bond acceptors (Lipinski definition) is 2. The highest BCUT2D eigenvalue weighted by Crippen LogP contribution is 2.11. The number of hydrogen-bond donors (Lipinski definition) is 0. The number of aryl methyl sites for hydroxylation is 1. The van der Waals surface area contributed by atoms with Gasteiger partial charge in [0, 0.05) is 19.6 Å². The number of carbonyl (C=O) groups excluding carboxylic acids is 1. The Bertz CT molecular complexity index is 411. The number of carbonyl (C=O) groups is 1. The third kappa shape index (κ3) is 3.33. The molecule has 3 heteroatoms. The van der Waals surface area contributed by atoms with Crippen molar-refractivity contribution in [3.05, 3.63) is 35.4 Å². The molecule has 1 saturated heterocycles. The summed E-state index contributed by atoms with van der Waals surface area (Å²) >= 11 is 0. The molecule has 18 heavy (non-hydrogen) atoms. The summed E-state index contributed by atoms with van der Waals surface area (Å²) in [4.78, 5) is 16.1. The molecule has 98 valence electrons. The van der Waals surface area contributed by atoms with Gasteiger partial charge in [-0.2, -0.15) is 0 Å². The Kier molecular flexibility index (Phi) is 4.37. The van der Waals surface area contributed by atoms with Crippen LogP contribution in [0.2, 0.25) is 0 Å². The lowest BCUT2D eigenvalue weighted by atomic mass is 10.1. The molecule has 0 aliphatic carbocycles. The molecular weight excluding hydrogens is 224 g/mol. The molecule has 1 amide bonds. The van der Waals surface area contributed by atoms with E-state index in [4.69, 9.17) is 0 Å². The summed E-state index contributed by atoms with van der Waals surface area (Å²) in [5.74, 6) is 0.267. The highest BCUT2D eigenvalue weighted by molar-refractivity contribution is 5.78. The maximum absolute atomic E-state index is 12.0. The molecule has 1 aliphatic heterocycles. The first kappa shape index (κ1) is 13.1. The highest BCUT2D eigenvalue weighted by atomic mass is 16.2. The molecule has 1 aromatic carbocycles. The predicted octanol–water partition coefficient (Wildman–Crippen LogP) is 2.05. The fourth-order valence-electron chi connectivity index (χ4n) is 2.43. The maximum Gasteiger partial charge on any atom is 0.236 e.